The molecule has 0 saturated carbocycles. The molecular formula is C7H10Cl2N2O3S. The van der Waals surface area contributed by atoms with Crippen molar-refractivity contribution in [2.24, 2.45) is 10.9 Å². The summed E-state index contributed by atoms with van der Waals surface area (Å²) in [6.45, 7) is -0.0189. The lowest BCUT2D eigenvalue weighted by Crippen LogP contribution is -2.13. The number of phenols is 1. The fourth-order valence-corrected chi connectivity index (χ4v) is 2.00. The van der Waals surface area contributed by atoms with Gasteiger partial charge in [0.15, 0.2) is 0 Å². The van der Waals surface area contributed by atoms with E-state index in [2.05, 4.69) is 0 Å². The van der Waals surface area contributed by atoms with E-state index in [1.165, 1.54) is 6.07 Å². The fourth-order valence-electron chi connectivity index (χ4n) is 1.00. The highest BCUT2D eigenvalue weighted by molar-refractivity contribution is 7.89. The van der Waals surface area contributed by atoms with Crippen molar-refractivity contribution in [3.63, 3.8) is 0 Å². The Morgan fingerprint density at radius 2 is 1.93 bits per heavy atom. The van der Waals surface area contributed by atoms with E-state index in [0.717, 1.165) is 6.07 Å². The molecule has 5 nitrogen and oxygen atoms in total. The molecule has 0 saturated heterocycles. The van der Waals surface area contributed by atoms with Gasteiger partial charge in [0, 0.05) is 17.1 Å². The van der Waals surface area contributed by atoms with E-state index in [9.17, 15) is 13.5 Å². The molecule has 1 aromatic carbocycles. The van der Waals surface area contributed by atoms with Crippen molar-refractivity contribution in [1.29, 1.82) is 0 Å². The maximum absolute atomic E-state index is 11.0. The molecule has 0 unspecified atom stereocenters. The smallest absolute Gasteiger partial charge is 0.241 e. The highest BCUT2D eigenvalue weighted by atomic mass is 35.5. The molecule has 1 rings (SSSR count). The summed E-state index contributed by atoms with van der Waals surface area (Å²) in [7, 11) is -3.98. The molecule has 0 aliphatic carbocycles. The number of rotatable bonds is 2. The van der Waals surface area contributed by atoms with Crippen molar-refractivity contribution in [3.8, 4) is 5.75 Å². The van der Waals surface area contributed by atoms with Crippen LogP contribution in [0.1, 0.15) is 5.56 Å². The molecule has 15 heavy (non-hydrogen) atoms. The van der Waals surface area contributed by atoms with Gasteiger partial charge in [0.25, 0.3) is 0 Å². The number of benzene rings is 1. The minimum atomic E-state index is -3.98. The summed E-state index contributed by atoms with van der Waals surface area (Å²) in [6, 6.07) is 2.46. The summed E-state index contributed by atoms with van der Waals surface area (Å²) >= 11 is 5.62. The molecule has 0 radical (unpaired) electrons. The zero-order chi connectivity index (χ0) is 10.9. The second-order valence-electron chi connectivity index (χ2n) is 2.66. The van der Waals surface area contributed by atoms with E-state index in [1.54, 1.807) is 0 Å². The Balaban J connectivity index is 0.00000196. The van der Waals surface area contributed by atoms with Gasteiger partial charge < -0.3 is 10.8 Å². The summed E-state index contributed by atoms with van der Waals surface area (Å²) in [6.07, 6.45) is 0. The van der Waals surface area contributed by atoms with Gasteiger partial charge in [0.1, 0.15) is 10.6 Å². The predicted molar refractivity (Wildman–Crippen MR) is 59.6 cm³/mol. The number of sulfonamides is 1. The van der Waals surface area contributed by atoms with Gasteiger partial charge in [0.05, 0.1) is 0 Å². The second-order valence-corrected chi connectivity index (χ2v) is 4.63. The number of primary sulfonamides is 1. The molecule has 5 N–H and O–H groups in total. The molecule has 8 heteroatoms. The minimum absolute atomic E-state index is 0. The SMILES string of the molecule is Cl.NCc1cc(Cl)cc(S(N)(=O)=O)c1O. The third kappa shape index (κ3) is 3.22. The molecular weight excluding hydrogens is 263 g/mol. The van der Waals surface area contributed by atoms with Gasteiger partial charge in [0.2, 0.25) is 10.0 Å². The first-order valence-corrected chi connectivity index (χ1v) is 5.53. The van der Waals surface area contributed by atoms with Gasteiger partial charge in [-0.05, 0) is 12.1 Å². The normalized spacial score (nSPS) is 10.9. The molecule has 0 aliphatic heterocycles. The van der Waals surface area contributed by atoms with E-state index in [4.69, 9.17) is 22.5 Å². The van der Waals surface area contributed by atoms with E-state index in [0.29, 0.717) is 0 Å². The Hall–Kier alpha value is -0.530. The Morgan fingerprint density at radius 1 is 1.40 bits per heavy atom. The van der Waals surface area contributed by atoms with Gasteiger partial charge in [-0.1, -0.05) is 11.6 Å². The third-order valence-corrected chi connectivity index (χ3v) is 2.79. The molecule has 0 bridgehead atoms. The molecule has 0 atom stereocenters. The van der Waals surface area contributed by atoms with Crippen LogP contribution in [-0.4, -0.2) is 13.5 Å². The maximum Gasteiger partial charge on any atom is 0.241 e. The molecule has 1 aromatic rings. The van der Waals surface area contributed by atoms with Crippen molar-refractivity contribution >= 4 is 34.0 Å². The third-order valence-electron chi connectivity index (χ3n) is 1.65. The lowest BCUT2D eigenvalue weighted by Gasteiger charge is -2.07. The van der Waals surface area contributed by atoms with Crippen LogP contribution in [-0.2, 0) is 16.6 Å². The highest BCUT2D eigenvalue weighted by Crippen LogP contribution is 2.29. The average Bonchev–Trinajstić information content (AvgIpc) is 2.06. The number of nitrogens with two attached hydrogens (primary N) is 2. The highest BCUT2D eigenvalue weighted by Gasteiger charge is 2.17. The zero-order valence-corrected chi connectivity index (χ0v) is 9.86. The number of hydrogen-bond acceptors (Lipinski definition) is 4. The van der Waals surface area contributed by atoms with E-state index in [1.807, 2.05) is 0 Å². The van der Waals surface area contributed by atoms with Crippen LogP contribution in [0.4, 0.5) is 0 Å². The van der Waals surface area contributed by atoms with Gasteiger partial charge in [-0.15, -0.1) is 12.4 Å². The fraction of sp³-hybridized carbons (Fsp3) is 0.143. The molecule has 0 heterocycles. The van der Waals surface area contributed by atoms with Crippen molar-refractivity contribution in [1.82, 2.24) is 0 Å². The summed E-state index contributed by atoms with van der Waals surface area (Å²) in [5.41, 5.74) is 5.51. The van der Waals surface area contributed by atoms with Gasteiger partial charge in [-0.2, -0.15) is 0 Å². The van der Waals surface area contributed by atoms with Crippen molar-refractivity contribution < 1.29 is 13.5 Å². The van der Waals surface area contributed by atoms with E-state index >= 15 is 0 Å². The summed E-state index contributed by atoms with van der Waals surface area (Å²) in [4.78, 5) is -0.412. The first-order valence-electron chi connectivity index (χ1n) is 3.60. The summed E-state index contributed by atoms with van der Waals surface area (Å²) in [5.74, 6) is -0.445. The Morgan fingerprint density at radius 3 is 2.33 bits per heavy atom. The van der Waals surface area contributed by atoms with Gasteiger partial charge >= 0.3 is 0 Å². The number of halogens is 2. The van der Waals surface area contributed by atoms with Crippen LogP contribution in [0.2, 0.25) is 5.02 Å². The number of phenolic OH excluding ortho intramolecular Hbond substituents is 1. The first kappa shape index (κ1) is 14.5. The Labute approximate surface area is 98.5 Å². The van der Waals surface area contributed by atoms with Crippen molar-refractivity contribution in [2.45, 2.75) is 11.4 Å². The van der Waals surface area contributed by atoms with E-state index < -0.39 is 20.7 Å². The Bertz CT molecular complexity index is 462. The van der Waals surface area contributed by atoms with Crippen molar-refractivity contribution in [2.75, 3.05) is 0 Å². The molecule has 0 aliphatic rings. The molecule has 0 amide bonds. The van der Waals surface area contributed by atoms with Crippen LogP contribution in [0, 0.1) is 0 Å². The quantitative estimate of drug-likeness (QED) is 0.732. The molecule has 86 valence electrons. The summed E-state index contributed by atoms with van der Waals surface area (Å²) < 4.78 is 22.0. The maximum atomic E-state index is 11.0. The van der Waals surface area contributed by atoms with Gasteiger partial charge in [-0.3, -0.25) is 0 Å². The predicted octanol–water partition coefficient (Wildman–Crippen LogP) is 0.574. The second kappa shape index (κ2) is 5.00. The standard InChI is InChI=1S/C7H9ClN2O3S.ClH/c8-5-1-4(3-9)7(11)6(2-5)14(10,12)13;/h1-2,11H,3,9H2,(H2,10,12,13);1H. The topological polar surface area (TPSA) is 106 Å². The van der Waals surface area contributed by atoms with Crippen LogP contribution < -0.4 is 10.9 Å². The van der Waals surface area contributed by atoms with Crippen LogP contribution in [0.3, 0.4) is 0 Å². The van der Waals surface area contributed by atoms with Crippen LogP contribution >= 0.6 is 24.0 Å². The van der Waals surface area contributed by atoms with Crippen LogP contribution in [0.15, 0.2) is 17.0 Å². The summed E-state index contributed by atoms with van der Waals surface area (Å²) in [5, 5.41) is 14.5. The lowest BCUT2D eigenvalue weighted by atomic mass is 10.2. The Kier molecular flexibility index (Phi) is 4.82. The van der Waals surface area contributed by atoms with E-state index in [-0.39, 0.29) is 29.5 Å². The largest absolute Gasteiger partial charge is 0.506 e. The number of hydrogen-bond donors (Lipinski definition) is 3. The zero-order valence-electron chi connectivity index (χ0n) is 7.47. The van der Waals surface area contributed by atoms with Crippen molar-refractivity contribution in [3.05, 3.63) is 22.7 Å². The van der Waals surface area contributed by atoms with Crippen LogP contribution in [0.25, 0.3) is 0 Å². The lowest BCUT2D eigenvalue weighted by molar-refractivity contribution is 0.452. The van der Waals surface area contributed by atoms with Gasteiger partial charge in [-0.25, -0.2) is 13.6 Å². The molecule has 0 spiro atoms. The molecule has 0 aromatic heterocycles. The average molecular weight is 273 g/mol. The monoisotopic (exact) mass is 272 g/mol. The minimum Gasteiger partial charge on any atom is -0.506 e. The number of aromatic hydroxyl groups is 1. The molecule has 0 fully saturated rings. The first-order chi connectivity index (χ1) is 6.36. The van der Waals surface area contributed by atoms with Crippen LogP contribution in [0.5, 0.6) is 5.75 Å².